The number of ether oxygens (including phenoxy) is 3. The van der Waals surface area contributed by atoms with Crippen LogP contribution in [0.2, 0.25) is 0 Å². The average molecular weight is 428 g/mol. The predicted molar refractivity (Wildman–Crippen MR) is 113 cm³/mol. The topological polar surface area (TPSA) is 98.2 Å². The van der Waals surface area contributed by atoms with Crippen LogP contribution in [-0.4, -0.2) is 58.0 Å². The van der Waals surface area contributed by atoms with Crippen LogP contribution >= 0.6 is 0 Å². The van der Waals surface area contributed by atoms with E-state index in [4.69, 9.17) is 14.2 Å². The number of pyridine rings is 1. The summed E-state index contributed by atoms with van der Waals surface area (Å²) in [4.78, 5) is 31.3. The molecule has 8 heteroatoms. The number of esters is 1. The number of para-hydroxylation sites is 1. The van der Waals surface area contributed by atoms with Crippen molar-refractivity contribution < 1.29 is 28.9 Å². The Kier molecular flexibility index (Phi) is 5.08. The zero-order chi connectivity index (χ0) is 22.6. The average Bonchev–Trinajstić information content (AvgIpc) is 3.05. The van der Waals surface area contributed by atoms with Crippen molar-refractivity contribution >= 4 is 23.0 Å². The van der Waals surface area contributed by atoms with Gasteiger partial charge in [-0.1, -0.05) is 18.2 Å². The molecule has 1 amide bonds. The number of aryl methyl sites for hydroxylation is 1. The van der Waals surface area contributed by atoms with Crippen LogP contribution in [0.3, 0.4) is 0 Å². The molecule has 0 aliphatic carbocycles. The third-order valence-electron chi connectivity index (χ3n) is 5.77. The third kappa shape index (κ3) is 3.80. The normalized spacial score (nSPS) is 25.3. The van der Waals surface area contributed by atoms with Gasteiger partial charge >= 0.3 is 12.1 Å². The second-order valence-corrected chi connectivity index (χ2v) is 9.31. The first kappa shape index (κ1) is 21.4. The number of hydrogen-bond acceptors (Lipinski definition) is 7. The number of carbonyl (C=O) groups is 2. The molecule has 31 heavy (non-hydrogen) atoms. The highest BCUT2D eigenvalue weighted by atomic mass is 16.6. The van der Waals surface area contributed by atoms with Crippen LogP contribution in [0.15, 0.2) is 24.3 Å². The lowest BCUT2D eigenvalue weighted by Crippen LogP contribution is -2.46. The van der Waals surface area contributed by atoms with Gasteiger partial charge in [0.05, 0.1) is 31.0 Å². The first-order valence-corrected chi connectivity index (χ1v) is 10.4. The number of rotatable bonds is 1. The molecule has 1 fully saturated rings. The number of hydrogen-bond donors (Lipinski definition) is 1. The first-order chi connectivity index (χ1) is 14.5. The Balaban J connectivity index is 1.73. The molecule has 1 N–H and O–H groups in total. The van der Waals surface area contributed by atoms with Crippen molar-refractivity contribution in [1.29, 1.82) is 0 Å². The molecule has 1 aromatic heterocycles. The Morgan fingerprint density at radius 1 is 1.26 bits per heavy atom. The van der Waals surface area contributed by atoms with Crippen molar-refractivity contribution in [3.05, 3.63) is 35.5 Å². The summed E-state index contributed by atoms with van der Waals surface area (Å²) in [6.45, 7) is 7.23. The van der Waals surface area contributed by atoms with E-state index in [1.807, 2.05) is 31.2 Å². The molecule has 3 heterocycles. The van der Waals surface area contributed by atoms with Crippen LogP contribution in [0, 0.1) is 6.92 Å². The van der Waals surface area contributed by atoms with Crippen molar-refractivity contribution in [2.75, 3.05) is 13.7 Å². The largest absolute Gasteiger partial charge is 0.483 e. The Morgan fingerprint density at radius 3 is 2.65 bits per heavy atom. The lowest BCUT2D eigenvalue weighted by Gasteiger charge is -2.39. The predicted octanol–water partition coefficient (Wildman–Crippen LogP) is 3.28. The zero-order valence-electron chi connectivity index (χ0n) is 18.5. The molecular formula is C23H28N2O6. The molecule has 166 valence electrons. The number of benzene rings is 1. The van der Waals surface area contributed by atoms with E-state index in [1.165, 1.54) is 12.0 Å². The van der Waals surface area contributed by atoms with Crippen molar-refractivity contribution in [3.8, 4) is 5.75 Å². The van der Waals surface area contributed by atoms with Gasteiger partial charge in [-0.3, -0.25) is 4.90 Å². The van der Waals surface area contributed by atoms with Crippen LogP contribution in [0.4, 0.5) is 4.79 Å². The Labute approximate surface area is 181 Å². The highest BCUT2D eigenvalue weighted by Crippen LogP contribution is 2.48. The standard InChI is InChI=1S/C23H28N2O6/c1-13-19-18(14-8-6-7-9-15(14)24-13)17(26)11-23(30-19)10-16(20(27)29-5)25(12-23)21(28)31-22(2,3)4/h6-9,16-17,26H,10-12H2,1-5H3/t16-,17?,23?/m0/s1. The second-order valence-electron chi connectivity index (χ2n) is 9.31. The minimum absolute atomic E-state index is 0.102. The third-order valence-corrected chi connectivity index (χ3v) is 5.77. The molecular weight excluding hydrogens is 400 g/mol. The fourth-order valence-corrected chi connectivity index (χ4v) is 4.55. The maximum absolute atomic E-state index is 12.9. The van der Waals surface area contributed by atoms with Crippen molar-refractivity contribution in [2.45, 2.75) is 63.9 Å². The summed E-state index contributed by atoms with van der Waals surface area (Å²) in [5.74, 6) is -0.0351. The fraction of sp³-hybridized carbons (Fsp3) is 0.522. The Hall–Kier alpha value is -2.87. The first-order valence-electron chi connectivity index (χ1n) is 10.4. The van der Waals surface area contributed by atoms with E-state index in [1.54, 1.807) is 20.8 Å². The van der Waals surface area contributed by atoms with Gasteiger partial charge in [-0.2, -0.15) is 0 Å². The van der Waals surface area contributed by atoms with Crippen LogP contribution < -0.4 is 4.74 Å². The molecule has 1 aromatic carbocycles. The highest BCUT2D eigenvalue weighted by molar-refractivity contribution is 5.86. The van der Waals surface area contributed by atoms with Crippen molar-refractivity contribution in [1.82, 2.24) is 9.88 Å². The monoisotopic (exact) mass is 428 g/mol. The van der Waals surface area contributed by atoms with Gasteiger partial charge in [-0.05, 0) is 33.8 Å². The van der Waals surface area contributed by atoms with Gasteiger partial charge in [0.2, 0.25) is 0 Å². The number of aliphatic hydroxyl groups excluding tert-OH is 1. The molecule has 2 aliphatic heterocycles. The molecule has 1 saturated heterocycles. The molecule has 8 nitrogen and oxygen atoms in total. The number of likely N-dealkylation sites (tertiary alicyclic amines) is 1. The summed E-state index contributed by atoms with van der Waals surface area (Å²) < 4.78 is 16.9. The Morgan fingerprint density at radius 2 is 1.97 bits per heavy atom. The summed E-state index contributed by atoms with van der Waals surface area (Å²) in [6, 6.07) is 6.73. The number of amides is 1. The van der Waals surface area contributed by atoms with Gasteiger partial charge < -0.3 is 19.3 Å². The van der Waals surface area contributed by atoms with E-state index < -0.39 is 35.4 Å². The van der Waals surface area contributed by atoms with Gasteiger partial charge in [0, 0.05) is 23.8 Å². The molecule has 1 spiro atoms. The summed E-state index contributed by atoms with van der Waals surface area (Å²) in [5, 5.41) is 12.0. The van der Waals surface area contributed by atoms with Gasteiger partial charge in [-0.25, -0.2) is 14.6 Å². The van der Waals surface area contributed by atoms with E-state index in [0.29, 0.717) is 17.0 Å². The second kappa shape index (κ2) is 7.37. The summed E-state index contributed by atoms with van der Waals surface area (Å²) in [6.07, 6.45) is -1.01. The van der Waals surface area contributed by atoms with Crippen LogP contribution in [-0.2, 0) is 14.3 Å². The number of aromatic nitrogens is 1. The SMILES string of the molecule is COC(=O)[C@@H]1CC2(CC(O)c3c(c(C)nc4ccccc34)O2)CN1C(=O)OC(C)(C)C. The van der Waals surface area contributed by atoms with Gasteiger partial charge in [-0.15, -0.1) is 0 Å². The molecule has 2 unspecified atom stereocenters. The van der Waals surface area contributed by atoms with Gasteiger partial charge in [0.15, 0.2) is 0 Å². The maximum Gasteiger partial charge on any atom is 0.411 e. The van der Waals surface area contributed by atoms with Crippen LogP contribution in [0.1, 0.15) is 51.0 Å². The minimum atomic E-state index is -0.947. The molecule has 0 saturated carbocycles. The van der Waals surface area contributed by atoms with E-state index in [0.717, 1.165) is 10.9 Å². The summed E-state index contributed by atoms with van der Waals surface area (Å²) in [5.41, 5.74) is 0.464. The maximum atomic E-state index is 12.9. The van der Waals surface area contributed by atoms with Gasteiger partial charge in [0.25, 0.3) is 0 Å². The lowest BCUT2D eigenvalue weighted by molar-refractivity contribution is -0.145. The molecule has 4 rings (SSSR count). The van der Waals surface area contributed by atoms with E-state index in [-0.39, 0.29) is 19.4 Å². The van der Waals surface area contributed by atoms with Crippen molar-refractivity contribution in [3.63, 3.8) is 0 Å². The molecule has 0 bridgehead atoms. The lowest BCUT2D eigenvalue weighted by atomic mass is 9.85. The number of nitrogens with zero attached hydrogens (tertiary/aromatic N) is 2. The summed E-state index contributed by atoms with van der Waals surface area (Å²) in [7, 11) is 1.28. The molecule has 0 radical (unpaired) electrons. The zero-order valence-corrected chi connectivity index (χ0v) is 18.5. The van der Waals surface area contributed by atoms with Crippen LogP contribution in [0.25, 0.3) is 10.9 Å². The quantitative estimate of drug-likeness (QED) is 0.696. The van der Waals surface area contributed by atoms with E-state index >= 15 is 0 Å². The molecule has 2 aromatic rings. The minimum Gasteiger partial charge on any atom is -0.483 e. The van der Waals surface area contributed by atoms with Gasteiger partial charge in [0.1, 0.15) is 23.0 Å². The number of fused-ring (bicyclic) bond motifs is 3. The number of methoxy groups -OCH3 is 1. The highest BCUT2D eigenvalue weighted by Gasteiger charge is 2.55. The van der Waals surface area contributed by atoms with Crippen LogP contribution in [0.5, 0.6) is 5.75 Å². The summed E-state index contributed by atoms with van der Waals surface area (Å²) >= 11 is 0. The fourth-order valence-electron chi connectivity index (χ4n) is 4.55. The smallest absolute Gasteiger partial charge is 0.411 e. The number of carbonyl (C=O) groups excluding carboxylic acids is 2. The van der Waals surface area contributed by atoms with Crippen molar-refractivity contribution in [2.24, 2.45) is 0 Å². The molecule has 3 atom stereocenters. The van der Waals surface area contributed by atoms with E-state index in [2.05, 4.69) is 4.98 Å². The molecule has 2 aliphatic rings. The number of aliphatic hydroxyl groups is 1. The Bertz CT molecular complexity index is 1050. The van der Waals surface area contributed by atoms with E-state index in [9.17, 15) is 14.7 Å².